The summed E-state index contributed by atoms with van der Waals surface area (Å²) < 4.78 is 0. The second kappa shape index (κ2) is 4.62. The van der Waals surface area contributed by atoms with E-state index in [4.69, 9.17) is 0 Å². The summed E-state index contributed by atoms with van der Waals surface area (Å²) in [6, 6.07) is 0. The molecule has 0 heterocycles. The molecule has 0 aromatic heterocycles. The van der Waals surface area contributed by atoms with E-state index in [1.165, 1.54) is 44.9 Å². The molecule has 124 valence electrons. The zero-order valence-corrected chi connectivity index (χ0v) is 14.8. The Morgan fingerprint density at radius 2 is 1.73 bits per heavy atom. The maximum absolute atomic E-state index is 10.5. The summed E-state index contributed by atoms with van der Waals surface area (Å²) in [4.78, 5) is 0. The average molecular weight is 303 g/mol. The predicted octanol–water partition coefficient (Wildman–Crippen LogP) is 5.34. The molecule has 1 heteroatoms. The molecule has 22 heavy (non-hydrogen) atoms. The van der Waals surface area contributed by atoms with Gasteiger partial charge in [-0.2, -0.15) is 0 Å². The van der Waals surface area contributed by atoms with Gasteiger partial charge in [0, 0.05) is 0 Å². The third-order valence-corrected chi connectivity index (χ3v) is 8.91. The van der Waals surface area contributed by atoms with Crippen LogP contribution in [0.25, 0.3) is 0 Å². The Morgan fingerprint density at radius 1 is 0.955 bits per heavy atom. The highest BCUT2D eigenvalue weighted by atomic mass is 16.3. The van der Waals surface area contributed by atoms with Crippen LogP contribution < -0.4 is 0 Å². The molecule has 0 radical (unpaired) electrons. The van der Waals surface area contributed by atoms with E-state index in [0.29, 0.717) is 10.8 Å². The van der Waals surface area contributed by atoms with Gasteiger partial charge in [-0.15, -0.1) is 0 Å². The maximum atomic E-state index is 10.5. The monoisotopic (exact) mass is 302 g/mol. The lowest BCUT2D eigenvalue weighted by molar-refractivity contribution is -0.139. The summed E-state index contributed by atoms with van der Waals surface area (Å²) in [5, 5.41) is 10.5. The highest BCUT2D eigenvalue weighted by molar-refractivity contribution is 5.21. The van der Waals surface area contributed by atoms with Crippen molar-refractivity contribution in [3.05, 3.63) is 12.2 Å². The molecular weight excluding hydrogens is 268 g/mol. The Kier molecular flexibility index (Phi) is 3.20. The lowest BCUT2D eigenvalue weighted by Gasteiger charge is -2.61. The smallest absolute Gasteiger partial charge is 0.0622 e. The first-order valence-corrected chi connectivity index (χ1v) is 9.67. The van der Waals surface area contributed by atoms with Gasteiger partial charge in [-0.1, -0.05) is 26.0 Å². The number of allylic oxidation sites excluding steroid dienone is 1. The lowest BCUT2D eigenvalue weighted by Crippen LogP contribution is -2.55. The van der Waals surface area contributed by atoms with Crippen LogP contribution in [0.1, 0.15) is 78.6 Å². The van der Waals surface area contributed by atoms with E-state index in [9.17, 15) is 5.11 Å². The van der Waals surface area contributed by atoms with E-state index >= 15 is 0 Å². The Balaban J connectivity index is 1.63. The van der Waals surface area contributed by atoms with Gasteiger partial charge in [-0.05, 0) is 99.2 Å². The van der Waals surface area contributed by atoms with Gasteiger partial charge in [0.1, 0.15) is 0 Å². The van der Waals surface area contributed by atoms with Crippen molar-refractivity contribution in [1.29, 1.82) is 0 Å². The van der Waals surface area contributed by atoms with Crippen molar-refractivity contribution in [2.75, 3.05) is 0 Å². The predicted molar refractivity (Wildman–Crippen MR) is 91.5 cm³/mol. The van der Waals surface area contributed by atoms with Crippen LogP contribution in [0, 0.1) is 34.5 Å². The summed E-state index contributed by atoms with van der Waals surface area (Å²) in [5.41, 5.74) is 2.10. The first-order chi connectivity index (χ1) is 10.3. The normalized spacial score (nSPS) is 57.9. The standard InChI is InChI=1S/C21H34O/c1-14-5-8-17-16-7-6-15-13-19(2,22)11-12-21(15,4)18(16)9-10-20(14,17)3/h15-18,22H,1,5-13H2,2-4H3/t15?,16-,17-,18-,19+,20+,21-/m0/s1. The third kappa shape index (κ3) is 1.93. The number of fused-ring (bicyclic) bond motifs is 5. The molecule has 0 saturated heterocycles. The number of rotatable bonds is 0. The quantitative estimate of drug-likeness (QED) is 0.599. The van der Waals surface area contributed by atoms with E-state index in [2.05, 4.69) is 27.4 Å². The van der Waals surface area contributed by atoms with Gasteiger partial charge >= 0.3 is 0 Å². The highest BCUT2D eigenvalue weighted by Crippen LogP contribution is 2.67. The summed E-state index contributed by atoms with van der Waals surface area (Å²) in [7, 11) is 0. The minimum atomic E-state index is -0.401. The second-order valence-corrected chi connectivity index (χ2v) is 9.96. The Morgan fingerprint density at radius 3 is 2.50 bits per heavy atom. The minimum absolute atomic E-state index is 0.401. The largest absolute Gasteiger partial charge is 0.390 e. The molecule has 0 bridgehead atoms. The van der Waals surface area contributed by atoms with E-state index in [0.717, 1.165) is 36.5 Å². The van der Waals surface area contributed by atoms with Crippen LogP contribution in [0.15, 0.2) is 12.2 Å². The van der Waals surface area contributed by atoms with Gasteiger partial charge in [-0.3, -0.25) is 0 Å². The molecule has 1 N–H and O–H groups in total. The van der Waals surface area contributed by atoms with Crippen LogP contribution in [0.2, 0.25) is 0 Å². The van der Waals surface area contributed by atoms with Crippen molar-refractivity contribution in [2.24, 2.45) is 34.5 Å². The molecular formula is C21H34O. The van der Waals surface area contributed by atoms with Crippen molar-refractivity contribution in [3.8, 4) is 0 Å². The van der Waals surface area contributed by atoms with Crippen molar-refractivity contribution < 1.29 is 5.11 Å². The van der Waals surface area contributed by atoms with E-state index < -0.39 is 5.60 Å². The highest BCUT2D eigenvalue weighted by Gasteiger charge is 2.59. The fourth-order valence-electron chi connectivity index (χ4n) is 7.34. The summed E-state index contributed by atoms with van der Waals surface area (Å²) in [6.45, 7) is 11.6. The summed E-state index contributed by atoms with van der Waals surface area (Å²) >= 11 is 0. The van der Waals surface area contributed by atoms with Gasteiger partial charge in [-0.25, -0.2) is 0 Å². The molecule has 0 aliphatic heterocycles. The topological polar surface area (TPSA) is 20.2 Å². The number of aliphatic hydroxyl groups is 1. The van der Waals surface area contributed by atoms with Crippen LogP contribution in [0.5, 0.6) is 0 Å². The molecule has 0 spiro atoms. The molecule has 4 aliphatic carbocycles. The molecule has 4 aliphatic rings. The van der Waals surface area contributed by atoms with Crippen LogP contribution in [0.3, 0.4) is 0 Å². The molecule has 4 fully saturated rings. The maximum Gasteiger partial charge on any atom is 0.0622 e. The second-order valence-electron chi connectivity index (χ2n) is 9.96. The molecule has 0 amide bonds. The number of hydrogen-bond donors (Lipinski definition) is 1. The first-order valence-electron chi connectivity index (χ1n) is 9.67. The molecule has 0 aromatic carbocycles. The Bertz CT molecular complexity index is 492. The van der Waals surface area contributed by atoms with Gasteiger partial charge in [0.15, 0.2) is 0 Å². The molecule has 1 unspecified atom stereocenters. The summed E-state index contributed by atoms with van der Waals surface area (Å²) in [5.74, 6) is 3.50. The molecule has 7 atom stereocenters. The minimum Gasteiger partial charge on any atom is -0.390 e. The van der Waals surface area contributed by atoms with Crippen molar-refractivity contribution in [2.45, 2.75) is 84.2 Å². The lowest BCUT2D eigenvalue weighted by atomic mass is 9.44. The van der Waals surface area contributed by atoms with E-state index in [1.54, 1.807) is 5.57 Å². The van der Waals surface area contributed by atoms with Crippen molar-refractivity contribution in [3.63, 3.8) is 0 Å². The van der Waals surface area contributed by atoms with Crippen molar-refractivity contribution in [1.82, 2.24) is 0 Å². The van der Waals surface area contributed by atoms with Gasteiger partial charge in [0.05, 0.1) is 5.60 Å². The van der Waals surface area contributed by atoms with Crippen LogP contribution in [-0.2, 0) is 0 Å². The van der Waals surface area contributed by atoms with E-state index in [-0.39, 0.29) is 0 Å². The van der Waals surface area contributed by atoms with Crippen LogP contribution >= 0.6 is 0 Å². The molecule has 1 nitrogen and oxygen atoms in total. The Hall–Kier alpha value is -0.300. The van der Waals surface area contributed by atoms with Gasteiger partial charge < -0.3 is 5.11 Å². The third-order valence-electron chi connectivity index (χ3n) is 8.91. The number of hydrogen-bond acceptors (Lipinski definition) is 1. The molecule has 4 saturated carbocycles. The SMILES string of the molecule is C=C1CC[C@H]2[C@@H]3CCC4C[C@](C)(O)CC[C@]4(C)[C@H]3CC[C@]12C. The van der Waals surface area contributed by atoms with Crippen molar-refractivity contribution >= 4 is 0 Å². The Labute approximate surface area is 136 Å². The molecule has 4 rings (SSSR count). The zero-order valence-electron chi connectivity index (χ0n) is 14.8. The summed E-state index contributed by atoms with van der Waals surface area (Å²) in [6.07, 6.45) is 11.5. The first kappa shape index (κ1) is 15.2. The van der Waals surface area contributed by atoms with Gasteiger partial charge in [0.2, 0.25) is 0 Å². The van der Waals surface area contributed by atoms with Crippen LogP contribution in [-0.4, -0.2) is 10.7 Å². The average Bonchev–Trinajstić information content (AvgIpc) is 2.76. The molecule has 0 aromatic rings. The van der Waals surface area contributed by atoms with Crippen LogP contribution in [0.4, 0.5) is 0 Å². The zero-order chi connectivity index (χ0) is 15.8. The fourth-order valence-corrected chi connectivity index (χ4v) is 7.34. The fraction of sp³-hybridized carbons (Fsp3) is 0.905. The van der Waals surface area contributed by atoms with Gasteiger partial charge in [0.25, 0.3) is 0 Å². The van der Waals surface area contributed by atoms with E-state index in [1.807, 2.05) is 0 Å².